The van der Waals surface area contributed by atoms with E-state index in [-0.39, 0.29) is 0 Å². The van der Waals surface area contributed by atoms with Crippen LogP contribution in [-0.4, -0.2) is 7.05 Å². The van der Waals surface area contributed by atoms with Crippen molar-refractivity contribution < 1.29 is 0 Å². The van der Waals surface area contributed by atoms with E-state index in [0.29, 0.717) is 0 Å². The van der Waals surface area contributed by atoms with Crippen LogP contribution in [0, 0.1) is 6.92 Å². The molecule has 1 heteroatoms. The first-order chi connectivity index (χ1) is 5.25. The normalized spacial score (nSPS) is 9.27. The van der Waals surface area contributed by atoms with E-state index in [2.05, 4.69) is 25.6 Å². The van der Waals surface area contributed by atoms with Gasteiger partial charge in [-0.2, -0.15) is 0 Å². The molecule has 1 rings (SSSR count). The molecule has 1 aromatic carbocycles. The van der Waals surface area contributed by atoms with Crippen molar-refractivity contribution in [3.63, 3.8) is 0 Å². The molecule has 0 aliphatic carbocycles. The summed E-state index contributed by atoms with van der Waals surface area (Å²) in [5.41, 5.74) is 2.48. The van der Waals surface area contributed by atoms with Gasteiger partial charge in [-0.25, -0.2) is 0 Å². The van der Waals surface area contributed by atoms with Crippen LogP contribution in [0.25, 0.3) is 0 Å². The quantitative estimate of drug-likeness (QED) is 0.621. The maximum absolute atomic E-state index is 3.70. The summed E-state index contributed by atoms with van der Waals surface area (Å²) in [7, 11) is 2.00. The van der Waals surface area contributed by atoms with E-state index >= 15 is 0 Å². The maximum Gasteiger partial charge on any atom is 0.0432 e. The summed E-state index contributed by atoms with van der Waals surface area (Å²) >= 11 is 0. The molecule has 1 nitrogen and oxygen atoms in total. The molecule has 0 heterocycles. The van der Waals surface area contributed by atoms with E-state index in [0.717, 1.165) is 0 Å². The highest BCUT2D eigenvalue weighted by Crippen LogP contribution is 2.17. The smallest absolute Gasteiger partial charge is 0.0432 e. The van der Waals surface area contributed by atoms with Gasteiger partial charge in [-0.3, -0.25) is 0 Å². The Morgan fingerprint density at radius 1 is 1.36 bits per heavy atom. The van der Waals surface area contributed by atoms with Gasteiger partial charge in [0.25, 0.3) is 0 Å². The Morgan fingerprint density at radius 2 is 2.00 bits per heavy atom. The summed E-state index contributed by atoms with van der Waals surface area (Å²) in [6.45, 7) is 5.80. The number of benzene rings is 1. The lowest BCUT2D eigenvalue weighted by Crippen LogP contribution is -2.07. The topological polar surface area (TPSA) is 3.24 Å². The largest absolute Gasteiger partial charge is 0.351 e. The number of rotatable bonds is 2. The number of anilines is 1. The fraction of sp³-hybridized carbons (Fsp3) is 0.200. The zero-order valence-electron chi connectivity index (χ0n) is 7.04. The lowest BCUT2D eigenvalue weighted by atomic mass is 10.2. The first kappa shape index (κ1) is 7.86. The zero-order valence-corrected chi connectivity index (χ0v) is 7.04. The summed E-state index contributed by atoms with van der Waals surface area (Å²) in [4.78, 5) is 2.01. The number of aryl methyl sites for hydroxylation is 1. The van der Waals surface area contributed by atoms with Crippen molar-refractivity contribution >= 4 is 5.69 Å². The predicted molar refractivity (Wildman–Crippen MR) is 49.8 cm³/mol. The number of hydrogen-bond donors (Lipinski definition) is 0. The highest BCUT2D eigenvalue weighted by Gasteiger charge is 1.97. The Bertz CT molecular complexity index is 253. The van der Waals surface area contributed by atoms with Gasteiger partial charge in [0.05, 0.1) is 0 Å². The molecule has 0 amide bonds. The highest BCUT2D eigenvalue weighted by molar-refractivity contribution is 5.53. The predicted octanol–water partition coefficient (Wildman–Crippen LogP) is 2.57. The van der Waals surface area contributed by atoms with Gasteiger partial charge >= 0.3 is 0 Å². The summed E-state index contributed by atoms with van der Waals surface area (Å²) in [6.07, 6.45) is 1.81. The molecule has 11 heavy (non-hydrogen) atoms. The molecular weight excluding hydrogens is 134 g/mol. The SMILES string of the molecule is C=CN(C)c1ccccc1C. The van der Waals surface area contributed by atoms with Gasteiger partial charge in [0.2, 0.25) is 0 Å². The Kier molecular flexibility index (Phi) is 2.32. The second kappa shape index (κ2) is 3.24. The van der Waals surface area contributed by atoms with Crippen molar-refractivity contribution in [2.24, 2.45) is 0 Å². The summed E-state index contributed by atoms with van der Waals surface area (Å²) in [5.74, 6) is 0. The van der Waals surface area contributed by atoms with Crippen LogP contribution >= 0.6 is 0 Å². The third-order valence-electron chi connectivity index (χ3n) is 1.77. The van der Waals surface area contributed by atoms with Crippen LogP contribution in [0.5, 0.6) is 0 Å². The lowest BCUT2D eigenvalue weighted by molar-refractivity contribution is 1.18. The molecule has 0 aliphatic rings. The van der Waals surface area contributed by atoms with E-state index in [1.165, 1.54) is 11.3 Å². The van der Waals surface area contributed by atoms with Crippen LogP contribution in [0.2, 0.25) is 0 Å². The Morgan fingerprint density at radius 3 is 2.55 bits per heavy atom. The van der Waals surface area contributed by atoms with Crippen LogP contribution in [0.1, 0.15) is 5.56 Å². The van der Waals surface area contributed by atoms with E-state index in [1.807, 2.05) is 30.3 Å². The minimum absolute atomic E-state index is 1.21. The van der Waals surface area contributed by atoms with Crippen LogP contribution in [0.4, 0.5) is 5.69 Å². The molecule has 1 aromatic rings. The standard InChI is InChI=1S/C10H13N/c1-4-11(3)10-8-6-5-7-9(10)2/h4-8H,1H2,2-3H3. The first-order valence-electron chi connectivity index (χ1n) is 3.66. The third-order valence-corrected chi connectivity index (χ3v) is 1.77. The van der Waals surface area contributed by atoms with Crippen LogP contribution in [-0.2, 0) is 0 Å². The maximum atomic E-state index is 3.70. The lowest BCUT2D eigenvalue weighted by Gasteiger charge is -2.15. The Labute approximate surface area is 68.0 Å². The molecule has 58 valence electrons. The molecule has 0 spiro atoms. The van der Waals surface area contributed by atoms with Crippen molar-refractivity contribution in [2.75, 3.05) is 11.9 Å². The molecule has 0 atom stereocenters. The number of hydrogen-bond acceptors (Lipinski definition) is 1. The minimum Gasteiger partial charge on any atom is -0.351 e. The van der Waals surface area contributed by atoms with Gasteiger partial charge in [0, 0.05) is 12.7 Å². The van der Waals surface area contributed by atoms with Crippen LogP contribution in [0.15, 0.2) is 37.0 Å². The molecule has 0 radical (unpaired) electrons. The fourth-order valence-electron chi connectivity index (χ4n) is 1.06. The fourth-order valence-corrected chi connectivity index (χ4v) is 1.06. The van der Waals surface area contributed by atoms with Crippen molar-refractivity contribution in [3.8, 4) is 0 Å². The van der Waals surface area contributed by atoms with E-state index in [9.17, 15) is 0 Å². The molecule has 0 aromatic heterocycles. The van der Waals surface area contributed by atoms with Gasteiger partial charge in [-0.05, 0) is 24.8 Å². The summed E-state index contributed by atoms with van der Waals surface area (Å²) in [6, 6.07) is 8.24. The number of nitrogens with zero attached hydrogens (tertiary/aromatic N) is 1. The van der Waals surface area contributed by atoms with Gasteiger partial charge in [-0.1, -0.05) is 24.8 Å². The second-order valence-corrected chi connectivity index (χ2v) is 2.58. The van der Waals surface area contributed by atoms with Gasteiger partial charge in [-0.15, -0.1) is 0 Å². The van der Waals surface area contributed by atoms with Crippen LogP contribution < -0.4 is 4.90 Å². The van der Waals surface area contributed by atoms with Crippen molar-refractivity contribution in [2.45, 2.75) is 6.92 Å². The second-order valence-electron chi connectivity index (χ2n) is 2.58. The Balaban J connectivity index is 3.02. The third kappa shape index (κ3) is 1.61. The van der Waals surface area contributed by atoms with E-state index < -0.39 is 0 Å². The molecule has 0 aliphatic heterocycles. The minimum atomic E-state index is 1.21. The Hall–Kier alpha value is -1.24. The van der Waals surface area contributed by atoms with Crippen molar-refractivity contribution in [1.82, 2.24) is 0 Å². The molecule has 0 N–H and O–H groups in total. The van der Waals surface area contributed by atoms with Crippen molar-refractivity contribution in [1.29, 1.82) is 0 Å². The molecule has 0 saturated heterocycles. The van der Waals surface area contributed by atoms with Crippen molar-refractivity contribution in [3.05, 3.63) is 42.6 Å². The highest BCUT2D eigenvalue weighted by atomic mass is 15.1. The molecule has 0 fully saturated rings. The van der Waals surface area contributed by atoms with Crippen LogP contribution in [0.3, 0.4) is 0 Å². The van der Waals surface area contributed by atoms with Gasteiger partial charge in [0.15, 0.2) is 0 Å². The molecule has 0 unspecified atom stereocenters. The molecular formula is C10H13N. The first-order valence-corrected chi connectivity index (χ1v) is 3.66. The van der Waals surface area contributed by atoms with E-state index in [1.54, 1.807) is 0 Å². The van der Waals surface area contributed by atoms with Gasteiger partial charge in [0.1, 0.15) is 0 Å². The molecule has 0 saturated carbocycles. The number of para-hydroxylation sites is 1. The van der Waals surface area contributed by atoms with E-state index in [4.69, 9.17) is 0 Å². The summed E-state index contributed by atoms with van der Waals surface area (Å²) < 4.78 is 0. The molecule has 0 bridgehead atoms. The monoisotopic (exact) mass is 147 g/mol. The van der Waals surface area contributed by atoms with Gasteiger partial charge < -0.3 is 4.90 Å². The zero-order chi connectivity index (χ0) is 8.27. The average molecular weight is 147 g/mol. The average Bonchev–Trinajstić information content (AvgIpc) is 2.04. The summed E-state index contributed by atoms with van der Waals surface area (Å²) in [5, 5.41) is 0.